The third-order valence-electron chi connectivity index (χ3n) is 2.84. The molecule has 0 bridgehead atoms. The molecular weight excluding hydrogens is 222 g/mol. The summed E-state index contributed by atoms with van der Waals surface area (Å²) < 4.78 is 5.79. The number of benzene rings is 2. The highest BCUT2D eigenvalue weighted by Gasteiger charge is 2.03. The normalized spacial score (nSPS) is 12.1. The predicted octanol–water partition coefficient (Wildman–Crippen LogP) is 3.88. The molecular formula is C16H19NO. The number of rotatable bonds is 6. The minimum Gasteiger partial charge on any atom is -0.383 e. The smallest absolute Gasteiger partial charge is 0.0797 e. The van der Waals surface area contributed by atoms with Crippen molar-refractivity contribution in [1.29, 1.82) is 0 Å². The maximum atomic E-state index is 5.79. The fraction of sp³-hybridized carbons (Fsp3) is 0.250. The van der Waals surface area contributed by atoms with Crippen molar-refractivity contribution >= 4 is 5.69 Å². The summed E-state index contributed by atoms with van der Waals surface area (Å²) in [4.78, 5) is 0. The molecule has 1 unspecified atom stereocenters. The van der Waals surface area contributed by atoms with E-state index < -0.39 is 0 Å². The summed E-state index contributed by atoms with van der Waals surface area (Å²) in [6.45, 7) is 3.60. The van der Waals surface area contributed by atoms with Crippen LogP contribution >= 0.6 is 0 Å². The molecule has 0 aliphatic rings. The van der Waals surface area contributed by atoms with Gasteiger partial charge in [0.05, 0.1) is 12.7 Å². The Labute approximate surface area is 109 Å². The molecule has 0 saturated heterocycles. The minimum atomic E-state index is 0.142. The van der Waals surface area contributed by atoms with Crippen molar-refractivity contribution in [2.75, 3.05) is 18.5 Å². The molecule has 1 N–H and O–H groups in total. The van der Waals surface area contributed by atoms with Crippen LogP contribution < -0.4 is 5.32 Å². The summed E-state index contributed by atoms with van der Waals surface area (Å²) in [6.07, 6.45) is 0.142. The van der Waals surface area contributed by atoms with Gasteiger partial charge in [-0.15, -0.1) is 0 Å². The van der Waals surface area contributed by atoms with Gasteiger partial charge in [0.25, 0.3) is 0 Å². The van der Waals surface area contributed by atoms with Gasteiger partial charge in [-0.1, -0.05) is 48.5 Å². The molecule has 0 aliphatic heterocycles. The maximum Gasteiger partial charge on any atom is 0.0797 e. The topological polar surface area (TPSA) is 21.3 Å². The van der Waals surface area contributed by atoms with Crippen molar-refractivity contribution in [2.45, 2.75) is 13.0 Å². The van der Waals surface area contributed by atoms with E-state index in [1.165, 1.54) is 5.56 Å². The Hall–Kier alpha value is -1.80. The maximum absolute atomic E-state index is 5.79. The van der Waals surface area contributed by atoms with Gasteiger partial charge in [0.1, 0.15) is 0 Å². The quantitative estimate of drug-likeness (QED) is 0.775. The number of ether oxygens (including phenoxy) is 1. The van der Waals surface area contributed by atoms with Crippen LogP contribution in [0.5, 0.6) is 0 Å². The summed E-state index contributed by atoms with van der Waals surface area (Å²) in [5.74, 6) is 0. The van der Waals surface area contributed by atoms with Crippen LogP contribution in [0.25, 0.3) is 0 Å². The van der Waals surface area contributed by atoms with Crippen molar-refractivity contribution in [3.63, 3.8) is 0 Å². The third-order valence-corrected chi connectivity index (χ3v) is 2.84. The summed E-state index contributed by atoms with van der Waals surface area (Å²) in [5, 5.41) is 3.33. The Morgan fingerprint density at radius 2 is 1.56 bits per heavy atom. The molecule has 2 rings (SSSR count). The van der Waals surface area contributed by atoms with Crippen molar-refractivity contribution in [3.05, 3.63) is 66.2 Å². The van der Waals surface area contributed by atoms with Gasteiger partial charge in [0.2, 0.25) is 0 Å². The molecule has 0 aliphatic carbocycles. The first-order valence-corrected chi connectivity index (χ1v) is 6.32. The summed E-state index contributed by atoms with van der Waals surface area (Å²) in [7, 11) is 0. The second-order valence-corrected chi connectivity index (χ2v) is 4.22. The van der Waals surface area contributed by atoms with Crippen LogP contribution in [-0.2, 0) is 4.74 Å². The Morgan fingerprint density at radius 1 is 0.944 bits per heavy atom. The Morgan fingerprint density at radius 3 is 2.22 bits per heavy atom. The van der Waals surface area contributed by atoms with E-state index in [1.807, 2.05) is 36.4 Å². The van der Waals surface area contributed by atoms with Gasteiger partial charge in [-0.3, -0.25) is 0 Å². The molecule has 0 heterocycles. The van der Waals surface area contributed by atoms with Crippen LogP contribution in [0.15, 0.2) is 60.7 Å². The lowest BCUT2D eigenvalue weighted by atomic mass is 10.1. The van der Waals surface area contributed by atoms with E-state index in [9.17, 15) is 0 Å². The monoisotopic (exact) mass is 241 g/mol. The van der Waals surface area contributed by atoms with E-state index in [1.54, 1.807) is 0 Å². The molecule has 0 aromatic heterocycles. The van der Waals surface area contributed by atoms with Crippen LogP contribution in [0.3, 0.4) is 0 Å². The lowest BCUT2D eigenvalue weighted by Crippen LogP contribution is -2.11. The lowest BCUT2D eigenvalue weighted by molar-refractivity contribution is 0.0736. The number of hydrogen-bond acceptors (Lipinski definition) is 2. The molecule has 2 aromatic carbocycles. The summed E-state index contributed by atoms with van der Waals surface area (Å²) in [5.41, 5.74) is 2.35. The van der Waals surface area contributed by atoms with Gasteiger partial charge < -0.3 is 10.1 Å². The molecule has 2 nitrogen and oxygen atoms in total. The average molecular weight is 241 g/mol. The summed E-state index contributed by atoms with van der Waals surface area (Å²) >= 11 is 0. The largest absolute Gasteiger partial charge is 0.383 e. The lowest BCUT2D eigenvalue weighted by Gasteiger charge is -2.14. The van der Waals surface area contributed by atoms with E-state index >= 15 is 0 Å². The molecule has 0 saturated carbocycles. The second kappa shape index (κ2) is 6.82. The van der Waals surface area contributed by atoms with E-state index in [2.05, 4.69) is 36.5 Å². The van der Waals surface area contributed by atoms with Crippen LogP contribution in [0.4, 0.5) is 5.69 Å². The zero-order valence-electron chi connectivity index (χ0n) is 10.7. The van der Waals surface area contributed by atoms with E-state index in [0.717, 1.165) is 12.2 Å². The minimum absolute atomic E-state index is 0.142. The van der Waals surface area contributed by atoms with Crippen LogP contribution in [-0.4, -0.2) is 13.2 Å². The van der Waals surface area contributed by atoms with Gasteiger partial charge in [0, 0.05) is 12.2 Å². The average Bonchev–Trinajstić information content (AvgIpc) is 2.45. The standard InChI is InChI=1S/C16H19NO/c1-14(15-8-4-2-5-9-15)18-13-12-17-16-10-6-3-7-11-16/h2-11,14,17H,12-13H2,1H3. The number of nitrogens with one attached hydrogen (secondary N) is 1. The van der Waals surface area contributed by atoms with Crippen molar-refractivity contribution in [2.24, 2.45) is 0 Å². The van der Waals surface area contributed by atoms with Crippen LogP contribution in [0, 0.1) is 0 Å². The van der Waals surface area contributed by atoms with Crippen LogP contribution in [0.1, 0.15) is 18.6 Å². The van der Waals surface area contributed by atoms with Gasteiger partial charge >= 0.3 is 0 Å². The SMILES string of the molecule is CC(OCCNc1ccccc1)c1ccccc1. The molecule has 2 heteroatoms. The highest BCUT2D eigenvalue weighted by atomic mass is 16.5. The van der Waals surface area contributed by atoms with Gasteiger partial charge in [-0.25, -0.2) is 0 Å². The third kappa shape index (κ3) is 3.90. The first-order chi connectivity index (χ1) is 8.86. The van der Waals surface area contributed by atoms with Gasteiger partial charge in [-0.2, -0.15) is 0 Å². The summed E-state index contributed by atoms with van der Waals surface area (Å²) in [6, 6.07) is 20.5. The second-order valence-electron chi connectivity index (χ2n) is 4.22. The molecule has 2 aromatic rings. The molecule has 94 valence electrons. The van der Waals surface area contributed by atoms with E-state index in [-0.39, 0.29) is 6.10 Å². The zero-order chi connectivity index (χ0) is 12.6. The molecule has 0 amide bonds. The van der Waals surface area contributed by atoms with Gasteiger partial charge in [-0.05, 0) is 24.6 Å². The molecule has 0 radical (unpaired) electrons. The molecule has 18 heavy (non-hydrogen) atoms. The number of anilines is 1. The number of para-hydroxylation sites is 1. The molecule has 0 spiro atoms. The highest BCUT2D eigenvalue weighted by molar-refractivity contribution is 5.42. The first-order valence-electron chi connectivity index (χ1n) is 6.32. The fourth-order valence-electron chi connectivity index (χ4n) is 1.81. The zero-order valence-corrected chi connectivity index (χ0v) is 10.7. The van der Waals surface area contributed by atoms with Crippen molar-refractivity contribution < 1.29 is 4.74 Å². The Balaban J connectivity index is 1.70. The van der Waals surface area contributed by atoms with E-state index in [0.29, 0.717) is 6.61 Å². The van der Waals surface area contributed by atoms with Gasteiger partial charge in [0.15, 0.2) is 0 Å². The fourth-order valence-corrected chi connectivity index (χ4v) is 1.81. The molecule has 0 fully saturated rings. The van der Waals surface area contributed by atoms with Crippen LogP contribution in [0.2, 0.25) is 0 Å². The first kappa shape index (κ1) is 12.7. The van der Waals surface area contributed by atoms with E-state index in [4.69, 9.17) is 4.74 Å². The number of hydrogen-bond donors (Lipinski definition) is 1. The van der Waals surface area contributed by atoms with Crippen molar-refractivity contribution in [1.82, 2.24) is 0 Å². The molecule has 1 atom stereocenters. The predicted molar refractivity (Wildman–Crippen MR) is 75.7 cm³/mol. The van der Waals surface area contributed by atoms with Crippen molar-refractivity contribution in [3.8, 4) is 0 Å². The Bertz CT molecular complexity index is 441. The highest BCUT2D eigenvalue weighted by Crippen LogP contribution is 2.15. The Kier molecular flexibility index (Phi) is 4.79.